The minimum Gasteiger partial charge on any atom is -0.506 e. The number of phenols is 1. The molecule has 0 saturated carbocycles. The van der Waals surface area contributed by atoms with Crippen LogP contribution in [0.15, 0.2) is 82.7 Å². The molecule has 6 nitrogen and oxygen atoms in total. The summed E-state index contributed by atoms with van der Waals surface area (Å²) in [5, 5.41) is 20.7. The molecule has 7 heteroatoms. The van der Waals surface area contributed by atoms with E-state index in [1.54, 1.807) is 12.1 Å². The Hall–Kier alpha value is -3.87. The number of rotatable bonds is 4. The van der Waals surface area contributed by atoms with Crippen molar-refractivity contribution in [3.05, 3.63) is 95.4 Å². The summed E-state index contributed by atoms with van der Waals surface area (Å²) in [4.78, 5) is 26.9. The lowest BCUT2D eigenvalue weighted by Crippen LogP contribution is -2.31. The molecule has 1 amide bonds. The third-order valence-electron chi connectivity index (χ3n) is 4.52. The van der Waals surface area contributed by atoms with Crippen molar-refractivity contribution in [3.63, 3.8) is 0 Å². The predicted molar refractivity (Wildman–Crippen MR) is 97.4 cm³/mol. The van der Waals surface area contributed by atoms with Crippen LogP contribution in [0.5, 0.6) is 5.75 Å². The third-order valence-corrected chi connectivity index (χ3v) is 4.52. The highest BCUT2D eigenvalue weighted by Crippen LogP contribution is 2.44. The number of hydrogen-bond acceptors (Lipinski definition) is 5. The summed E-state index contributed by atoms with van der Waals surface area (Å²) in [6.07, 6.45) is 1.30. The summed E-state index contributed by atoms with van der Waals surface area (Å²) in [5.41, 5.74) is 0.280. The normalized spacial score (nSPS) is 16.7. The van der Waals surface area contributed by atoms with Crippen LogP contribution in [0.3, 0.4) is 0 Å². The SMILES string of the molecule is O=C(C1=C(O)C(=O)N(c2ccccc2O)C1c1ccc(F)cc1)c1ccco1. The zero-order chi connectivity index (χ0) is 19.8. The molecule has 0 spiro atoms. The Bertz CT molecular complexity index is 1090. The summed E-state index contributed by atoms with van der Waals surface area (Å²) < 4.78 is 18.6. The van der Waals surface area contributed by atoms with Gasteiger partial charge in [0.15, 0.2) is 11.5 Å². The highest BCUT2D eigenvalue weighted by atomic mass is 19.1. The van der Waals surface area contributed by atoms with E-state index >= 15 is 0 Å². The molecule has 1 unspecified atom stereocenters. The van der Waals surface area contributed by atoms with Gasteiger partial charge in [-0.05, 0) is 42.0 Å². The zero-order valence-corrected chi connectivity index (χ0v) is 14.4. The number of aromatic hydroxyl groups is 1. The first-order valence-corrected chi connectivity index (χ1v) is 8.37. The van der Waals surface area contributed by atoms with Gasteiger partial charge in [0.1, 0.15) is 11.6 Å². The Kier molecular flexibility index (Phi) is 4.19. The third kappa shape index (κ3) is 2.73. The van der Waals surface area contributed by atoms with Crippen LogP contribution in [0, 0.1) is 5.82 Å². The minimum absolute atomic E-state index is 0.0550. The van der Waals surface area contributed by atoms with Gasteiger partial charge in [-0.1, -0.05) is 24.3 Å². The molecule has 2 aromatic carbocycles. The van der Waals surface area contributed by atoms with E-state index < -0.39 is 29.3 Å². The second-order valence-electron chi connectivity index (χ2n) is 6.19. The molecule has 0 radical (unpaired) electrons. The number of anilines is 1. The van der Waals surface area contributed by atoms with Crippen LogP contribution in [-0.2, 0) is 4.79 Å². The molecule has 2 N–H and O–H groups in total. The molecule has 1 aromatic heterocycles. The van der Waals surface area contributed by atoms with Gasteiger partial charge in [-0.15, -0.1) is 0 Å². The van der Waals surface area contributed by atoms with Gasteiger partial charge in [0.05, 0.1) is 23.6 Å². The second kappa shape index (κ2) is 6.70. The van der Waals surface area contributed by atoms with Crippen molar-refractivity contribution < 1.29 is 28.6 Å². The van der Waals surface area contributed by atoms with Crippen molar-refractivity contribution in [2.24, 2.45) is 0 Å². The first-order chi connectivity index (χ1) is 13.5. The number of Topliss-reactive ketones (excluding diaryl/α,β-unsaturated/α-hetero) is 1. The summed E-state index contributed by atoms with van der Waals surface area (Å²) in [6.45, 7) is 0. The number of phenolic OH excluding ortho intramolecular Hbond substituents is 1. The number of nitrogens with zero attached hydrogens (tertiary/aromatic N) is 1. The Labute approximate surface area is 158 Å². The van der Waals surface area contributed by atoms with Crippen molar-refractivity contribution in [3.8, 4) is 5.75 Å². The van der Waals surface area contributed by atoms with Gasteiger partial charge in [-0.25, -0.2) is 4.39 Å². The van der Waals surface area contributed by atoms with Crippen LogP contribution in [0.2, 0.25) is 0 Å². The highest BCUT2D eigenvalue weighted by molar-refractivity contribution is 6.20. The van der Waals surface area contributed by atoms with Crippen LogP contribution < -0.4 is 4.90 Å². The number of ketones is 1. The lowest BCUT2D eigenvalue weighted by Gasteiger charge is -2.27. The smallest absolute Gasteiger partial charge is 0.294 e. The van der Waals surface area contributed by atoms with Crippen molar-refractivity contribution in [2.75, 3.05) is 4.90 Å². The number of para-hydroxylation sites is 2. The van der Waals surface area contributed by atoms with Gasteiger partial charge >= 0.3 is 0 Å². The lowest BCUT2D eigenvalue weighted by molar-refractivity contribution is -0.117. The fourth-order valence-electron chi connectivity index (χ4n) is 3.25. The first-order valence-electron chi connectivity index (χ1n) is 8.37. The van der Waals surface area contributed by atoms with Crippen molar-refractivity contribution in [1.82, 2.24) is 0 Å². The average molecular weight is 379 g/mol. The number of aliphatic hydroxyl groups excluding tert-OH is 1. The summed E-state index contributed by atoms with van der Waals surface area (Å²) in [5.74, 6) is -3.04. The van der Waals surface area contributed by atoms with E-state index in [0.717, 1.165) is 4.90 Å². The van der Waals surface area contributed by atoms with Crippen LogP contribution in [0.4, 0.5) is 10.1 Å². The number of benzene rings is 2. The number of carbonyl (C=O) groups excluding carboxylic acids is 2. The van der Waals surface area contributed by atoms with Crippen LogP contribution in [-0.4, -0.2) is 21.9 Å². The largest absolute Gasteiger partial charge is 0.506 e. The van der Waals surface area contributed by atoms with Gasteiger partial charge in [0.2, 0.25) is 5.78 Å². The van der Waals surface area contributed by atoms with E-state index in [0.29, 0.717) is 5.56 Å². The molecular weight excluding hydrogens is 365 g/mol. The Morgan fingerprint density at radius 2 is 1.71 bits per heavy atom. The summed E-state index contributed by atoms with van der Waals surface area (Å²) in [6, 6.07) is 13.1. The highest BCUT2D eigenvalue weighted by Gasteiger charge is 2.45. The molecule has 0 fully saturated rings. The Morgan fingerprint density at radius 1 is 1.00 bits per heavy atom. The van der Waals surface area contributed by atoms with Crippen molar-refractivity contribution in [2.45, 2.75) is 6.04 Å². The van der Waals surface area contributed by atoms with Gasteiger partial charge in [0, 0.05) is 0 Å². The topological polar surface area (TPSA) is 91.0 Å². The number of amides is 1. The molecular formula is C21H14FNO5. The molecule has 1 aliphatic rings. The lowest BCUT2D eigenvalue weighted by atomic mass is 9.94. The molecule has 1 atom stereocenters. The first kappa shape index (κ1) is 17.5. The standard InChI is InChI=1S/C21H14FNO5/c22-13-9-7-12(8-10-13)18-17(19(25)16-6-3-11-28-16)20(26)21(27)23(18)14-4-1-2-5-15(14)24/h1-11,18,24,26H. The van der Waals surface area contributed by atoms with E-state index in [1.165, 1.54) is 54.8 Å². The van der Waals surface area contributed by atoms with Crippen LogP contribution in [0.25, 0.3) is 0 Å². The Balaban J connectivity index is 1.91. The molecule has 140 valence electrons. The number of halogens is 1. The minimum atomic E-state index is -1.07. The number of aliphatic hydroxyl groups is 1. The maximum absolute atomic E-state index is 13.4. The summed E-state index contributed by atoms with van der Waals surface area (Å²) in [7, 11) is 0. The van der Waals surface area contributed by atoms with E-state index in [2.05, 4.69) is 0 Å². The molecule has 0 aliphatic carbocycles. The zero-order valence-electron chi connectivity index (χ0n) is 14.4. The van der Waals surface area contributed by atoms with E-state index in [4.69, 9.17) is 4.42 Å². The molecule has 4 rings (SSSR count). The average Bonchev–Trinajstić information content (AvgIpc) is 3.31. The monoisotopic (exact) mass is 379 g/mol. The van der Waals surface area contributed by atoms with Crippen molar-refractivity contribution >= 4 is 17.4 Å². The van der Waals surface area contributed by atoms with Gasteiger partial charge < -0.3 is 14.6 Å². The molecule has 2 heterocycles. The molecule has 0 bridgehead atoms. The van der Waals surface area contributed by atoms with Gasteiger partial charge in [-0.3, -0.25) is 14.5 Å². The number of carbonyl (C=O) groups is 2. The van der Waals surface area contributed by atoms with Crippen LogP contribution >= 0.6 is 0 Å². The van der Waals surface area contributed by atoms with Crippen LogP contribution in [0.1, 0.15) is 22.2 Å². The maximum Gasteiger partial charge on any atom is 0.294 e. The number of furan rings is 1. The van der Waals surface area contributed by atoms with E-state index in [-0.39, 0.29) is 22.8 Å². The maximum atomic E-state index is 13.4. The summed E-state index contributed by atoms with van der Waals surface area (Å²) >= 11 is 0. The van der Waals surface area contributed by atoms with E-state index in [9.17, 15) is 24.2 Å². The molecule has 0 saturated heterocycles. The fraction of sp³-hybridized carbons (Fsp3) is 0.0476. The molecule has 3 aromatic rings. The second-order valence-corrected chi connectivity index (χ2v) is 6.19. The fourth-order valence-corrected chi connectivity index (χ4v) is 3.25. The van der Waals surface area contributed by atoms with Crippen molar-refractivity contribution in [1.29, 1.82) is 0 Å². The Morgan fingerprint density at radius 3 is 2.36 bits per heavy atom. The van der Waals surface area contributed by atoms with E-state index in [1.807, 2.05) is 0 Å². The molecule has 28 heavy (non-hydrogen) atoms. The quantitative estimate of drug-likeness (QED) is 0.671. The van der Waals surface area contributed by atoms with Gasteiger partial charge in [-0.2, -0.15) is 0 Å². The predicted octanol–water partition coefficient (Wildman–Crippen LogP) is 3.91. The van der Waals surface area contributed by atoms with Gasteiger partial charge in [0.25, 0.3) is 5.91 Å². The molecule has 1 aliphatic heterocycles. The number of hydrogen-bond donors (Lipinski definition) is 2.